The van der Waals surface area contributed by atoms with Gasteiger partial charge in [-0.2, -0.15) is 0 Å². The number of hydrogen-bond acceptors (Lipinski definition) is 1. The summed E-state index contributed by atoms with van der Waals surface area (Å²) in [7, 11) is 0. The fraction of sp³-hybridized carbons (Fsp3) is 0.0222. The third kappa shape index (κ3) is 2.91. The molecule has 0 aliphatic heterocycles. The Morgan fingerprint density at radius 1 is 0.370 bits per heavy atom. The molecule has 11 rings (SSSR count). The number of rotatable bonds is 1. The molecular formula is C45H26O. The fourth-order valence-corrected chi connectivity index (χ4v) is 8.79. The van der Waals surface area contributed by atoms with Crippen LogP contribution in [-0.2, 0) is 5.41 Å². The minimum absolute atomic E-state index is 0.372. The van der Waals surface area contributed by atoms with E-state index in [2.05, 4.69) is 158 Å². The van der Waals surface area contributed by atoms with Crippen molar-refractivity contribution in [1.29, 1.82) is 0 Å². The van der Waals surface area contributed by atoms with Gasteiger partial charge in [0, 0.05) is 16.2 Å². The predicted octanol–water partition coefficient (Wildman–Crippen LogP) is 11.9. The van der Waals surface area contributed by atoms with Gasteiger partial charge in [0.25, 0.3) is 0 Å². The van der Waals surface area contributed by atoms with Crippen LogP contribution in [0, 0.1) is 0 Å². The lowest BCUT2D eigenvalue weighted by Crippen LogP contribution is -2.26. The van der Waals surface area contributed by atoms with E-state index in [1.54, 1.807) is 0 Å². The van der Waals surface area contributed by atoms with Gasteiger partial charge in [-0.1, -0.05) is 133 Å². The van der Waals surface area contributed by atoms with Crippen LogP contribution in [0.4, 0.5) is 0 Å². The van der Waals surface area contributed by atoms with Gasteiger partial charge in [-0.25, -0.2) is 0 Å². The van der Waals surface area contributed by atoms with Crippen molar-refractivity contribution >= 4 is 43.5 Å². The van der Waals surface area contributed by atoms with Crippen molar-refractivity contribution in [3.63, 3.8) is 0 Å². The van der Waals surface area contributed by atoms with E-state index in [1.807, 2.05) is 0 Å². The Hall–Kier alpha value is -5.92. The second-order valence-electron chi connectivity index (χ2n) is 12.8. The molecule has 0 unspecified atom stereocenters. The Morgan fingerprint density at radius 2 is 0.913 bits per heavy atom. The predicted molar refractivity (Wildman–Crippen MR) is 190 cm³/mol. The summed E-state index contributed by atoms with van der Waals surface area (Å²) < 4.78 is 6.45. The molecule has 1 nitrogen and oxygen atoms in total. The zero-order valence-corrected chi connectivity index (χ0v) is 24.9. The molecule has 0 saturated heterocycles. The standard InChI is InChI=1S/C45H26O/c1-2-10-31-27(9-1)20-23-36-38-26-30(21-24-42(38)46-44(31)36)29-18-17-28-19-22-35-34-13-5-8-16-41(34)45(43(35)37(28)25-29)39-14-6-3-11-32(39)33-12-4-7-15-40(33)45/h1-26H. The van der Waals surface area contributed by atoms with Crippen LogP contribution in [0.5, 0.6) is 0 Å². The highest BCUT2D eigenvalue weighted by Gasteiger charge is 2.52. The van der Waals surface area contributed by atoms with Crippen LogP contribution in [0.2, 0.25) is 0 Å². The number of fused-ring (bicyclic) bond motifs is 17. The molecule has 1 heterocycles. The van der Waals surface area contributed by atoms with Crippen LogP contribution in [0.3, 0.4) is 0 Å². The van der Waals surface area contributed by atoms with Crippen molar-refractivity contribution in [2.75, 3.05) is 0 Å². The largest absolute Gasteiger partial charge is 0.455 e. The molecular weight excluding hydrogens is 556 g/mol. The van der Waals surface area contributed by atoms with Gasteiger partial charge in [0.2, 0.25) is 0 Å². The average Bonchev–Trinajstić information content (AvgIpc) is 3.75. The lowest BCUT2D eigenvalue weighted by Gasteiger charge is -2.31. The summed E-state index contributed by atoms with van der Waals surface area (Å²) in [6, 6.07) is 58.3. The maximum Gasteiger partial charge on any atom is 0.143 e. The lowest BCUT2D eigenvalue weighted by molar-refractivity contribution is 0.672. The van der Waals surface area contributed by atoms with Crippen molar-refractivity contribution in [1.82, 2.24) is 0 Å². The molecule has 1 aromatic heterocycles. The SMILES string of the molecule is c1ccc2c(c1)-c1ccccc1C21c2ccccc2-c2ccc3ccc(-c4ccc5oc6c7ccccc7ccc6c5c4)cc3c21. The first kappa shape index (κ1) is 24.4. The molecule has 0 fully saturated rings. The van der Waals surface area contributed by atoms with Crippen molar-refractivity contribution in [3.8, 4) is 33.4 Å². The Morgan fingerprint density at radius 3 is 1.65 bits per heavy atom. The molecule has 0 radical (unpaired) electrons. The van der Waals surface area contributed by atoms with Gasteiger partial charge in [-0.3, -0.25) is 0 Å². The second-order valence-corrected chi connectivity index (χ2v) is 12.8. The highest BCUT2D eigenvalue weighted by Crippen LogP contribution is 2.64. The number of furan rings is 1. The van der Waals surface area contributed by atoms with E-state index in [1.165, 1.54) is 71.8 Å². The van der Waals surface area contributed by atoms with E-state index >= 15 is 0 Å². The third-order valence-electron chi connectivity index (χ3n) is 10.7. The molecule has 0 bridgehead atoms. The highest BCUT2D eigenvalue weighted by atomic mass is 16.3. The van der Waals surface area contributed by atoms with Crippen molar-refractivity contribution in [2.45, 2.75) is 5.41 Å². The van der Waals surface area contributed by atoms with Gasteiger partial charge in [0.1, 0.15) is 11.2 Å². The second kappa shape index (κ2) is 8.62. The van der Waals surface area contributed by atoms with Gasteiger partial charge in [-0.05, 0) is 96.1 Å². The first-order valence-electron chi connectivity index (χ1n) is 16.0. The van der Waals surface area contributed by atoms with Crippen LogP contribution in [0.25, 0.3) is 76.9 Å². The summed E-state index contributed by atoms with van der Waals surface area (Å²) in [6.45, 7) is 0. The Bertz CT molecular complexity index is 2700. The van der Waals surface area contributed by atoms with Crippen LogP contribution >= 0.6 is 0 Å². The molecule has 0 amide bonds. The third-order valence-corrected chi connectivity index (χ3v) is 10.7. The van der Waals surface area contributed by atoms with Gasteiger partial charge in [0.05, 0.1) is 5.41 Å². The van der Waals surface area contributed by atoms with Crippen LogP contribution in [0.15, 0.2) is 162 Å². The van der Waals surface area contributed by atoms with Crippen molar-refractivity contribution in [2.24, 2.45) is 0 Å². The molecule has 2 aliphatic carbocycles. The number of benzene rings is 8. The molecule has 8 aromatic carbocycles. The van der Waals surface area contributed by atoms with Crippen LogP contribution in [-0.4, -0.2) is 0 Å². The first-order chi connectivity index (χ1) is 22.8. The maximum absolute atomic E-state index is 6.45. The summed E-state index contributed by atoms with van der Waals surface area (Å²) in [5.74, 6) is 0. The van der Waals surface area contributed by atoms with Crippen LogP contribution in [0.1, 0.15) is 22.3 Å². The summed E-state index contributed by atoms with van der Waals surface area (Å²) in [5.41, 5.74) is 14.8. The average molecular weight is 583 g/mol. The van der Waals surface area contributed by atoms with Crippen molar-refractivity contribution in [3.05, 3.63) is 180 Å². The van der Waals surface area contributed by atoms with Gasteiger partial charge >= 0.3 is 0 Å². The minimum Gasteiger partial charge on any atom is -0.455 e. The molecule has 2 aliphatic rings. The monoisotopic (exact) mass is 582 g/mol. The van der Waals surface area contributed by atoms with Crippen molar-refractivity contribution < 1.29 is 4.42 Å². The van der Waals surface area contributed by atoms with Gasteiger partial charge < -0.3 is 4.42 Å². The maximum atomic E-state index is 6.45. The topological polar surface area (TPSA) is 13.1 Å². The van der Waals surface area contributed by atoms with Crippen LogP contribution < -0.4 is 0 Å². The van der Waals surface area contributed by atoms with Gasteiger partial charge in [-0.15, -0.1) is 0 Å². The highest BCUT2D eigenvalue weighted by molar-refractivity contribution is 6.15. The zero-order valence-electron chi connectivity index (χ0n) is 24.9. The molecule has 0 saturated carbocycles. The fourth-order valence-electron chi connectivity index (χ4n) is 8.79. The Labute approximate surface area is 266 Å². The zero-order chi connectivity index (χ0) is 30.0. The van der Waals surface area contributed by atoms with E-state index < -0.39 is 0 Å². The van der Waals surface area contributed by atoms with E-state index in [-0.39, 0.29) is 5.41 Å². The normalized spacial score (nSPS) is 13.8. The van der Waals surface area contributed by atoms with Gasteiger partial charge in [0.15, 0.2) is 0 Å². The van der Waals surface area contributed by atoms with E-state index in [4.69, 9.17) is 4.42 Å². The Balaban J connectivity index is 1.20. The smallest absolute Gasteiger partial charge is 0.143 e. The summed E-state index contributed by atoms with van der Waals surface area (Å²) >= 11 is 0. The molecule has 1 spiro atoms. The molecule has 46 heavy (non-hydrogen) atoms. The molecule has 0 N–H and O–H groups in total. The minimum atomic E-state index is -0.372. The molecule has 212 valence electrons. The lowest BCUT2D eigenvalue weighted by atomic mass is 9.69. The number of hydrogen-bond donors (Lipinski definition) is 0. The molecule has 9 aromatic rings. The van der Waals surface area contributed by atoms with E-state index in [9.17, 15) is 0 Å². The summed E-state index contributed by atoms with van der Waals surface area (Å²) in [5, 5.41) is 7.23. The Kier molecular flexibility index (Phi) is 4.57. The van der Waals surface area contributed by atoms with E-state index in [0.29, 0.717) is 0 Å². The first-order valence-corrected chi connectivity index (χ1v) is 16.0. The quantitative estimate of drug-likeness (QED) is 0.188. The van der Waals surface area contributed by atoms with E-state index in [0.717, 1.165) is 27.3 Å². The summed E-state index contributed by atoms with van der Waals surface area (Å²) in [4.78, 5) is 0. The molecule has 0 atom stereocenters. The molecule has 1 heteroatoms. The summed E-state index contributed by atoms with van der Waals surface area (Å²) in [6.07, 6.45) is 0.